The topological polar surface area (TPSA) is 120 Å². The minimum atomic E-state index is -1.34. The largest absolute Gasteiger partial charge is 0.384 e. The summed E-state index contributed by atoms with van der Waals surface area (Å²) in [6.45, 7) is 8.36. The Labute approximate surface area is 377 Å². The highest BCUT2D eigenvalue weighted by atomic mass is 16.3. The van der Waals surface area contributed by atoms with E-state index in [1.165, 1.54) is 11.1 Å². The summed E-state index contributed by atoms with van der Waals surface area (Å²) >= 11 is 0. The molecule has 0 radical (unpaired) electrons. The van der Waals surface area contributed by atoms with Crippen LogP contribution in [0.25, 0.3) is 11.3 Å². The van der Waals surface area contributed by atoms with Gasteiger partial charge in [0.1, 0.15) is 35.1 Å². The number of anilines is 2. The summed E-state index contributed by atoms with van der Waals surface area (Å²) in [5.74, 6) is 1.96. The van der Waals surface area contributed by atoms with Crippen molar-refractivity contribution in [3.63, 3.8) is 0 Å². The number of hydrogen-bond acceptors (Lipinski definition) is 12. The molecule has 0 aromatic carbocycles. The fourth-order valence-electron chi connectivity index (χ4n) is 11.2. The second-order valence-corrected chi connectivity index (χ2v) is 19.0. The summed E-state index contributed by atoms with van der Waals surface area (Å²) in [7, 11) is 8.67. The molecule has 10 rings (SSSR count). The van der Waals surface area contributed by atoms with Crippen molar-refractivity contribution in [1.82, 2.24) is 48.3 Å². The first-order valence-electron chi connectivity index (χ1n) is 23.7. The molecule has 0 amide bonds. The molecule has 2 fully saturated rings. The molecular weight excluding hydrogens is 801 g/mol. The average molecular weight is 867 g/mol. The summed E-state index contributed by atoms with van der Waals surface area (Å²) in [6, 6.07) is 21.2. The van der Waals surface area contributed by atoms with Crippen LogP contribution < -0.4 is 9.80 Å². The van der Waals surface area contributed by atoms with Crippen LogP contribution in [0.15, 0.2) is 73.1 Å². The lowest BCUT2D eigenvalue weighted by Gasteiger charge is -2.33. The zero-order chi connectivity index (χ0) is 43.9. The van der Waals surface area contributed by atoms with E-state index in [0.29, 0.717) is 24.5 Å². The van der Waals surface area contributed by atoms with Crippen LogP contribution in [0.4, 0.5) is 11.6 Å². The number of fused-ring (bicyclic) bond motifs is 4. The Morgan fingerprint density at radius 1 is 0.562 bits per heavy atom. The molecule has 14 nitrogen and oxygen atoms in total. The van der Waals surface area contributed by atoms with Crippen molar-refractivity contribution >= 4 is 22.9 Å². The van der Waals surface area contributed by atoms with E-state index in [-0.39, 0.29) is 12.1 Å². The van der Waals surface area contributed by atoms with Gasteiger partial charge >= 0.3 is 0 Å². The molecule has 4 aliphatic rings. The van der Waals surface area contributed by atoms with Crippen LogP contribution in [0.2, 0.25) is 0 Å². The molecule has 2 aliphatic carbocycles. The van der Waals surface area contributed by atoms with Crippen LogP contribution in [-0.2, 0) is 25.9 Å². The highest BCUT2D eigenvalue weighted by molar-refractivity contribution is 5.58. The Morgan fingerprint density at radius 2 is 1.02 bits per heavy atom. The Bertz CT molecular complexity index is 2400. The van der Waals surface area contributed by atoms with Gasteiger partial charge in [-0.05, 0) is 140 Å². The number of hydrogen-bond donors (Lipinski definition) is 2. The number of imidazole rings is 2. The standard InChI is InChI=1S/C50H66N12O2/c1-55-25-11-27-59(31-29-55)43-21-7-19-41-53-37(33-57(3)39-17-5-13-35-15-9-23-51-45(35)39)47(61(41)43)49(63)50(64)48-38(34-58(4)40-18-6-14-36-16-10-24-52-46(36)40)54-42-20-8-22-44(62(42)48)60-28-12-26-56(2)30-32-60/h7-10,15-16,19-24,39-40,49-50,63-64H,5-6,11-14,17-18,25-34H2,1-4H3/t39-,40-,49?,50?/m0/s1. The van der Waals surface area contributed by atoms with Crippen molar-refractivity contribution in [2.24, 2.45) is 0 Å². The maximum absolute atomic E-state index is 13.3. The van der Waals surface area contributed by atoms with Crippen molar-refractivity contribution < 1.29 is 10.2 Å². The SMILES string of the molecule is CN1CCCN(c2cccc3nc(CN(C)[C@H]4CCCc5cccnc54)c(C(O)C(O)c4c(CN(C)[C@H]5CCCc6cccnc65)nc5cccc(N6CCCN(C)CC6)n45)n23)CC1. The van der Waals surface area contributed by atoms with Crippen LogP contribution in [0.3, 0.4) is 0 Å². The minimum Gasteiger partial charge on any atom is -0.384 e. The fraction of sp³-hybridized carbons (Fsp3) is 0.520. The predicted molar refractivity (Wildman–Crippen MR) is 252 cm³/mol. The summed E-state index contributed by atoms with van der Waals surface area (Å²) in [5.41, 5.74) is 9.12. The van der Waals surface area contributed by atoms with E-state index in [1.54, 1.807) is 0 Å². The fourth-order valence-corrected chi connectivity index (χ4v) is 11.2. The summed E-state index contributed by atoms with van der Waals surface area (Å²) in [5, 5.41) is 26.5. The number of aliphatic hydroxyl groups is 2. The molecule has 14 heteroatoms. The van der Waals surface area contributed by atoms with Gasteiger partial charge in [0.05, 0.1) is 46.2 Å². The third-order valence-electron chi connectivity index (χ3n) is 14.6. The summed E-state index contributed by atoms with van der Waals surface area (Å²) in [6.07, 6.45) is 9.41. The van der Waals surface area contributed by atoms with Gasteiger partial charge in [-0.1, -0.05) is 24.3 Å². The Morgan fingerprint density at radius 3 is 1.47 bits per heavy atom. The third kappa shape index (κ3) is 8.29. The molecule has 0 saturated carbocycles. The molecule has 2 N–H and O–H groups in total. The lowest BCUT2D eigenvalue weighted by Crippen LogP contribution is -2.32. The third-order valence-corrected chi connectivity index (χ3v) is 14.6. The molecule has 64 heavy (non-hydrogen) atoms. The molecule has 6 aromatic heterocycles. The quantitative estimate of drug-likeness (QED) is 0.163. The van der Waals surface area contributed by atoms with Crippen molar-refractivity contribution in [2.75, 3.05) is 90.3 Å². The van der Waals surface area contributed by atoms with E-state index in [9.17, 15) is 10.2 Å². The number of aryl methyl sites for hydroxylation is 2. The molecule has 2 aliphatic heterocycles. The second-order valence-electron chi connectivity index (χ2n) is 19.0. The molecule has 2 unspecified atom stereocenters. The Balaban J connectivity index is 1.10. The van der Waals surface area contributed by atoms with E-state index in [2.05, 4.69) is 103 Å². The van der Waals surface area contributed by atoms with Gasteiger partial charge in [-0.3, -0.25) is 28.6 Å². The van der Waals surface area contributed by atoms with Crippen LogP contribution in [0.1, 0.15) is 108 Å². The average Bonchev–Trinajstić information content (AvgIpc) is 3.68. The maximum Gasteiger partial charge on any atom is 0.138 e. The summed E-state index contributed by atoms with van der Waals surface area (Å²) < 4.78 is 4.28. The summed E-state index contributed by atoms with van der Waals surface area (Å²) in [4.78, 5) is 34.8. The zero-order valence-electron chi connectivity index (χ0n) is 38.2. The first-order chi connectivity index (χ1) is 31.2. The molecule has 6 aromatic rings. The van der Waals surface area contributed by atoms with Gasteiger partial charge < -0.3 is 29.8 Å². The van der Waals surface area contributed by atoms with Gasteiger partial charge in [0.15, 0.2) is 0 Å². The van der Waals surface area contributed by atoms with Crippen LogP contribution in [0.5, 0.6) is 0 Å². The molecule has 4 atom stereocenters. The van der Waals surface area contributed by atoms with Crippen molar-refractivity contribution in [3.05, 3.63) is 118 Å². The molecule has 0 bridgehead atoms. The number of nitrogens with zero attached hydrogens (tertiary/aromatic N) is 12. The van der Waals surface area contributed by atoms with Crippen molar-refractivity contribution in [1.29, 1.82) is 0 Å². The molecule has 2 saturated heterocycles. The van der Waals surface area contributed by atoms with E-state index >= 15 is 0 Å². The lowest BCUT2D eigenvalue weighted by molar-refractivity contribution is 0.00897. The number of aromatic nitrogens is 6. The van der Waals surface area contributed by atoms with Gasteiger partial charge in [-0.25, -0.2) is 9.97 Å². The highest BCUT2D eigenvalue weighted by Crippen LogP contribution is 2.41. The lowest BCUT2D eigenvalue weighted by atomic mass is 9.91. The van der Waals surface area contributed by atoms with Crippen LogP contribution >= 0.6 is 0 Å². The second kappa shape index (κ2) is 18.5. The van der Waals surface area contributed by atoms with Crippen molar-refractivity contribution in [2.45, 2.75) is 88.7 Å². The van der Waals surface area contributed by atoms with Gasteiger partial charge in [0, 0.05) is 64.8 Å². The molecule has 338 valence electrons. The predicted octanol–water partition coefficient (Wildman–Crippen LogP) is 5.84. The van der Waals surface area contributed by atoms with Crippen LogP contribution in [0, 0.1) is 0 Å². The van der Waals surface area contributed by atoms with Gasteiger partial charge in [-0.2, -0.15) is 0 Å². The van der Waals surface area contributed by atoms with E-state index < -0.39 is 12.2 Å². The number of rotatable bonds is 11. The molecular formula is C50H66N12O2. The first kappa shape index (κ1) is 43.0. The monoisotopic (exact) mass is 867 g/mol. The smallest absolute Gasteiger partial charge is 0.138 e. The number of pyridine rings is 4. The van der Waals surface area contributed by atoms with Gasteiger partial charge in [0.2, 0.25) is 0 Å². The normalized spacial score (nSPS) is 21.3. The first-order valence-corrected chi connectivity index (χ1v) is 23.7. The van der Waals surface area contributed by atoms with Gasteiger partial charge in [0.25, 0.3) is 0 Å². The molecule has 8 heterocycles. The van der Waals surface area contributed by atoms with Crippen molar-refractivity contribution in [3.8, 4) is 0 Å². The number of aliphatic hydroxyl groups excluding tert-OH is 2. The van der Waals surface area contributed by atoms with Crippen LogP contribution in [-0.4, -0.2) is 139 Å². The van der Waals surface area contributed by atoms with Gasteiger partial charge in [-0.15, -0.1) is 0 Å². The molecule has 0 spiro atoms. The Hall–Kier alpha value is -4.96. The van der Waals surface area contributed by atoms with E-state index in [4.69, 9.17) is 19.9 Å². The van der Waals surface area contributed by atoms with E-state index in [1.807, 2.05) is 36.7 Å². The minimum absolute atomic E-state index is 0.112. The van der Waals surface area contributed by atoms with E-state index in [0.717, 1.165) is 149 Å². The number of likely N-dealkylation sites (N-methyl/N-ethyl adjacent to an activating group) is 2. The Kier molecular flexibility index (Phi) is 12.4. The highest BCUT2D eigenvalue weighted by Gasteiger charge is 2.37. The maximum atomic E-state index is 13.3. The zero-order valence-corrected chi connectivity index (χ0v) is 38.2.